The van der Waals surface area contributed by atoms with Gasteiger partial charge in [-0.3, -0.25) is 4.79 Å². The minimum Gasteiger partial charge on any atom is -0.353 e. The molecule has 0 aliphatic heterocycles. The molecule has 2 nitrogen and oxygen atoms in total. The van der Waals surface area contributed by atoms with Crippen molar-refractivity contribution in [2.75, 3.05) is 6.54 Å². The number of carbonyl (C=O) groups is 1. The van der Waals surface area contributed by atoms with E-state index in [1.54, 1.807) is 18.2 Å². The van der Waals surface area contributed by atoms with Crippen LogP contribution in [0.4, 0.5) is 4.39 Å². The summed E-state index contributed by atoms with van der Waals surface area (Å²) in [4.78, 5) is 10.6. The summed E-state index contributed by atoms with van der Waals surface area (Å²) in [6, 6.07) is 2.83. The zero-order chi connectivity index (χ0) is 12.1. The lowest BCUT2D eigenvalue weighted by Crippen LogP contribution is -2.19. The number of hydrogen-bond acceptors (Lipinski definition) is 1. The number of carbonyl (C=O) groups excluding carboxylic acids is 1. The Labute approximate surface area is 103 Å². The van der Waals surface area contributed by atoms with Crippen LogP contribution in [0, 0.1) is 5.82 Å². The van der Waals surface area contributed by atoms with Gasteiger partial charge < -0.3 is 5.32 Å². The fourth-order valence-electron chi connectivity index (χ4n) is 1.07. The molecule has 16 heavy (non-hydrogen) atoms. The largest absolute Gasteiger partial charge is 0.353 e. The van der Waals surface area contributed by atoms with Crippen molar-refractivity contribution in [3.8, 4) is 0 Å². The van der Waals surface area contributed by atoms with Crippen LogP contribution in [0.1, 0.15) is 12.5 Å². The number of rotatable bonds is 3. The summed E-state index contributed by atoms with van der Waals surface area (Å²) in [5, 5.41) is 2.66. The van der Waals surface area contributed by atoms with Crippen molar-refractivity contribution < 1.29 is 9.18 Å². The van der Waals surface area contributed by atoms with E-state index in [0.29, 0.717) is 12.1 Å². The van der Waals surface area contributed by atoms with Crippen LogP contribution < -0.4 is 5.32 Å². The molecule has 0 aliphatic rings. The SMILES string of the molecule is CC(=O)NCC=Cc1cc(F)c(Cl)c(Cl)c1. The van der Waals surface area contributed by atoms with Crippen LogP contribution in [-0.4, -0.2) is 12.5 Å². The summed E-state index contributed by atoms with van der Waals surface area (Å²) in [6.45, 7) is 1.81. The van der Waals surface area contributed by atoms with Gasteiger partial charge in [-0.2, -0.15) is 0 Å². The Morgan fingerprint density at radius 2 is 2.19 bits per heavy atom. The third kappa shape index (κ3) is 3.83. The van der Waals surface area contributed by atoms with E-state index in [9.17, 15) is 9.18 Å². The Hall–Kier alpha value is -1.06. The van der Waals surface area contributed by atoms with Gasteiger partial charge in [-0.15, -0.1) is 0 Å². The third-order valence-electron chi connectivity index (χ3n) is 1.79. The Balaban J connectivity index is 2.71. The normalized spacial score (nSPS) is 10.8. The molecular formula is C11H10Cl2FNO. The smallest absolute Gasteiger partial charge is 0.217 e. The van der Waals surface area contributed by atoms with Gasteiger partial charge in [0.15, 0.2) is 0 Å². The minimum atomic E-state index is -0.562. The van der Waals surface area contributed by atoms with Gasteiger partial charge in [0.25, 0.3) is 0 Å². The first kappa shape index (κ1) is 13.0. The Kier molecular flexibility index (Phi) is 4.77. The second kappa shape index (κ2) is 5.87. The van der Waals surface area contributed by atoms with Gasteiger partial charge in [0.2, 0.25) is 5.91 Å². The molecule has 0 unspecified atom stereocenters. The van der Waals surface area contributed by atoms with Gasteiger partial charge in [0.05, 0.1) is 10.0 Å². The summed E-state index contributed by atoms with van der Waals surface area (Å²) < 4.78 is 13.2. The third-order valence-corrected chi connectivity index (χ3v) is 2.56. The van der Waals surface area contributed by atoms with E-state index >= 15 is 0 Å². The maximum Gasteiger partial charge on any atom is 0.217 e. The molecule has 0 heterocycles. The molecule has 1 aromatic rings. The molecule has 0 radical (unpaired) electrons. The Morgan fingerprint density at radius 1 is 1.50 bits per heavy atom. The van der Waals surface area contributed by atoms with Crippen LogP contribution in [-0.2, 0) is 4.79 Å². The van der Waals surface area contributed by atoms with Crippen LogP contribution >= 0.6 is 23.2 Å². The average molecular weight is 262 g/mol. The van der Waals surface area contributed by atoms with Crippen LogP contribution in [0.3, 0.4) is 0 Å². The zero-order valence-electron chi connectivity index (χ0n) is 8.56. The van der Waals surface area contributed by atoms with E-state index in [1.165, 1.54) is 13.0 Å². The highest BCUT2D eigenvalue weighted by Crippen LogP contribution is 2.26. The van der Waals surface area contributed by atoms with Crippen LogP contribution in [0.2, 0.25) is 10.0 Å². The van der Waals surface area contributed by atoms with Crippen molar-refractivity contribution >= 4 is 35.2 Å². The number of halogens is 3. The molecular weight excluding hydrogens is 252 g/mol. The highest BCUT2D eigenvalue weighted by atomic mass is 35.5. The first-order chi connectivity index (χ1) is 7.50. The van der Waals surface area contributed by atoms with Gasteiger partial charge >= 0.3 is 0 Å². The van der Waals surface area contributed by atoms with Gasteiger partial charge in [-0.25, -0.2) is 4.39 Å². The number of hydrogen-bond donors (Lipinski definition) is 1. The van der Waals surface area contributed by atoms with Gasteiger partial charge in [0.1, 0.15) is 5.82 Å². The molecule has 0 saturated carbocycles. The minimum absolute atomic E-state index is 0.0827. The van der Waals surface area contributed by atoms with Gasteiger partial charge in [0, 0.05) is 13.5 Å². The van der Waals surface area contributed by atoms with Crippen molar-refractivity contribution in [3.05, 3.63) is 39.6 Å². The van der Waals surface area contributed by atoms with Crippen molar-refractivity contribution in [2.24, 2.45) is 0 Å². The zero-order valence-corrected chi connectivity index (χ0v) is 10.1. The summed E-state index contributed by atoms with van der Waals surface area (Å²) >= 11 is 11.3. The molecule has 0 bridgehead atoms. The molecule has 0 aliphatic carbocycles. The molecule has 1 amide bonds. The highest BCUT2D eigenvalue weighted by molar-refractivity contribution is 6.42. The molecule has 0 spiro atoms. The quantitative estimate of drug-likeness (QED) is 0.832. The molecule has 0 atom stereocenters. The summed E-state index contributed by atoms with van der Waals surface area (Å²) in [5.74, 6) is -0.682. The molecule has 0 saturated heterocycles. The molecule has 1 aromatic carbocycles. The Bertz CT molecular complexity index is 409. The topological polar surface area (TPSA) is 29.1 Å². The molecule has 0 fully saturated rings. The van der Waals surface area contributed by atoms with E-state index in [2.05, 4.69) is 5.32 Å². The highest BCUT2D eigenvalue weighted by Gasteiger charge is 2.05. The maximum atomic E-state index is 13.2. The number of benzene rings is 1. The van der Waals surface area contributed by atoms with Crippen LogP contribution in [0.5, 0.6) is 0 Å². The van der Waals surface area contributed by atoms with E-state index in [0.717, 1.165) is 0 Å². The van der Waals surface area contributed by atoms with Crippen molar-refractivity contribution in [1.82, 2.24) is 5.32 Å². The number of nitrogens with one attached hydrogen (secondary N) is 1. The van der Waals surface area contributed by atoms with E-state index < -0.39 is 5.82 Å². The first-order valence-corrected chi connectivity index (χ1v) is 5.32. The summed E-state index contributed by atoms with van der Waals surface area (Å²) in [7, 11) is 0. The lowest BCUT2D eigenvalue weighted by molar-refractivity contribution is -0.118. The fraction of sp³-hybridized carbons (Fsp3) is 0.182. The van der Waals surface area contributed by atoms with E-state index in [4.69, 9.17) is 23.2 Å². The first-order valence-electron chi connectivity index (χ1n) is 4.56. The monoisotopic (exact) mass is 261 g/mol. The van der Waals surface area contributed by atoms with Crippen molar-refractivity contribution in [3.63, 3.8) is 0 Å². The predicted octanol–water partition coefficient (Wildman–Crippen LogP) is 3.28. The molecule has 1 N–H and O–H groups in total. The van der Waals surface area contributed by atoms with Gasteiger partial charge in [-0.05, 0) is 17.7 Å². The van der Waals surface area contributed by atoms with Crippen molar-refractivity contribution in [2.45, 2.75) is 6.92 Å². The van der Waals surface area contributed by atoms with Crippen LogP contribution in [0.25, 0.3) is 6.08 Å². The lowest BCUT2D eigenvalue weighted by Gasteiger charge is -2.00. The Morgan fingerprint density at radius 3 is 2.75 bits per heavy atom. The molecule has 1 rings (SSSR count). The standard InChI is InChI=1S/C11H10Cl2FNO/c1-7(16)15-4-2-3-8-5-9(12)11(13)10(14)6-8/h2-3,5-6H,4H2,1H3,(H,15,16). The van der Waals surface area contributed by atoms with Gasteiger partial charge in [-0.1, -0.05) is 35.4 Å². The van der Waals surface area contributed by atoms with E-state index in [1.807, 2.05) is 0 Å². The molecule has 5 heteroatoms. The van der Waals surface area contributed by atoms with Crippen molar-refractivity contribution in [1.29, 1.82) is 0 Å². The second-order valence-corrected chi connectivity index (χ2v) is 3.92. The maximum absolute atomic E-state index is 13.2. The fourth-order valence-corrected chi connectivity index (χ4v) is 1.39. The molecule has 86 valence electrons. The van der Waals surface area contributed by atoms with Crippen LogP contribution in [0.15, 0.2) is 18.2 Å². The second-order valence-electron chi connectivity index (χ2n) is 3.14. The average Bonchev–Trinajstić information content (AvgIpc) is 2.20. The molecule has 0 aromatic heterocycles. The number of amides is 1. The summed E-state index contributed by atoms with van der Waals surface area (Å²) in [6.07, 6.45) is 3.35. The predicted molar refractivity (Wildman–Crippen MR) is 64.1 cm³/mol. The van der Waals surface area contributed by atoms with E-state index in [-0.39, 0.29) is 16.0 Å². The lowest BCUT2D eigenvalue weighted by atomic mass is 10.2. The summed E-state index contributed by atoms with van der Waals surface area (Å²) in [5.41, 5.74) is 0.595.